The van der Waals surface area contributed by atoms with E-state index in [-0.39, 0.29) is 22.3 Å². The van der Waals surface area contributed by atoms with Crippen LogP contribution >= 0.6 is 0 Å². The molecule has 0 aromatic heterocycles. The van der Waals surface area contributed by atoms with Crippen LogP contribution in [0.2, 0.25) is 0 Å². The summed E-state index contributed by atoms with van der Waals surface area (Å²) in [5.41, 5.74) is -0.0807. The molecular formula is C21H32FN3O3S. The summed E-state index contributed by atoms with van der Waals surface area (Å²) in [5.74, 6) is -0.632. The third kappa shape index (κ3) is 5.35. The number of carbonyl (C=O) groups is 1. The quantitative estimate of drug-likeness (QED) is 0.761. The van der Waals surface area contributed by atoms with E-state index in [2.05, 4.69) is 24.1 Å². The molecule has 2 saturated heterocycles. The first-order valence-corrected chi connectivity index (χ1v) is 11.9. The zero-order valence-corrected chi connectivity index (χ0v) is 18.2. The Morgan fingerprint density at radius 1 is 1.07 bits per heavy atom. The minimum atomic E-state index is -3.65. The summed E-state index contributed by atoms with van der Waals surface area (Å²) < 4.78 is 39.9. The van der Waals surface area contributed by atoms with E-state index in [1.807, 2.05) is 0 Å². The first-order chi connectivity index (χ1) is 13.7. The van der Waals surface area contributed by atoms with Gasteiger partial charge in [0.25, 0.3) is 0 Å². The molecule has 1 aromatic rings. The summed E-state index contributed by atoms with van der Waals surface area (Å²) >= 11 is 0. The number of nitrogens with zero attached hydrogens (tertiary/aromatic N) is 2. The van der Waals surface area contributed by atoms with Gasteiger partial charge in [-0.05, 0) is 76.9 Å². The average molecular weight is 426 g/mol. The highest BCUT2D eigenvalue weighted by Gasteiger charge is 2.33. The summed E-state index contributed by atoms with van der Waals surface area (Å²) in [6.45, 7) is 7.67. The highest BCUT2D eigenvalue weighted by Crippen LogP contribution is 2.25. The molecule has 2 aliphatic heterocycles. The third-order valence-corrected chi connectivity index (χ3v) is 8.10. The van der Waals surface area contributed by atoms with E-state index in [1.54, 1.807) is 0 Å². The van der Waals surface area contributed by atoms with Crippen LogP contribution in [0.4, 0.5) is 4.39 Å². The van der Waals surface area contributed by atoms with Gasteiger partial charge in [-0.25, -0.2) is 12.8 Å². The molecule has 1 aromatic carbocycles. The third-order valence-electron chi connectivity index (χ3n) is 6.18. The highest BCUT2D eigenvalue weighted by molar-refractivity contribution is 7.89. The Balaban J connectivity index is 1.51. The van der Waals surface area contributed by atoms with Gasteiger partial charge in [0.15, 0.2) is 0 Å². The smallest absolute Gasteiger partial charge is 0.243 e. The second-order valence-corrected chi connectivity index (χ2v) is 10.6. The fourth-order valence-electron chi connectivity index (χ4n) is 4.17. The van der Waals surface area contributed by atoms with Crippen LogP contribution in [-0.2, 0) is 14.8 Å². The number of hydrogen-bond donors (Lipinski definition) is 1. The molecule has 3 rings (SSSR count). The minimum absolute atomic E-state index is 0.00825. The lowest BCUT2D eigenvalue weighted by Gasteiger charge is -2.41. The Hall–Kier alpha value is -1.51. The van der Waals surface area contributed by atoms with Crippen LogP contribution in [0.1, 0.15) is 46.0 Å². The molecule has 2 fully saturated rings. The number of sulfonamides is 1. The SMILES string of the molecule is CC(C)(CNC(=O)C1CCN(S(=O)(=O)c2ccc(F)cc2)CC1)N1CCCCC1. The number of rotatable bonds is 6. The summed E-state index contributed by atoms with van der Waals surface area (Å²) in [6, 6.07) is 4.87. The van der Waals surface area contributed by atoms with Crippen molar-refractivity contribution in [2.45, 2.75) is 56.4 Å². The molecule has 1 amide bonds. The van der Waals surface area contributed by atoms with Crippen molar-refractivity contribution in [1.29, 1.82) is 0 Å². The van der Waals surface area contributed by atoms with Crippen molar-refractivity contribution in [2.24, 2.45) is 5.92 Å². The van der Waals surface area contributed by atoms with Gasteiger partial charge in [0, 0.05) is 31.1 Å². The van der Waals surface area contributed by atoms with Gasteiger partial charge in [-0.1, -0.05) is 6.42 Å². The van der Waals surface area contributed by atoms with Crippen LogP contribution in [0.15, 0.2) is 29.2 Å². The van der Waals surface area contributed by atoms with Crippen LogP contribution in [0.25, 0.3) is 0 Å². The highest BCUT2D eigenvalue weighted by atomic mass is 32.2. The van der Waals surface area contributed by atoms with Crippen LogP contribution in [0.3, 0.4) is 0 Å². The molecule has 0 unspecified atom stereocenters. The Bertz CT molecular complexity index is 797. The summed E-state index contributed by atoms with van der Waals surface area (Å²) in [7, 11) is -3.65. The summed E-state index contributed by atoms with van der Waals surface area (Å²) in [5, 5.41) is 3.09. The van der Waals surface area contributed by atoms with Crippen molar-refractivity contribution in [2.75, 3.05) is 32.7 Å². The Kier molecular flexibility index (Phi) is 6.96. The number of likely N-dealkylation sites (tertiary alicyclic amines) is 1. The molecule has 0 aliphatic carbocycles. The fourth-order valence-corrected chi connectivity index (χ4v) is 5.64. The molecular weight excluding hydrogens is 393 g/mol. The molecule has 0 atom stereocenters. The van der Waals surface area contributed by atoms with E-state index in [1.165, 1.54) is 35.7 Å². The Labute approximate surface area is 173 Å². The molecule has 162 valence electrons. The van der Waals surface area contributed by atoms with Gasteiger partial charge in [0.1, 0.15) is 5.82 Å². The van der Waals surface area contributed by atoms with Crippen molar-refractivity contribution in [3.63, 3.8) is 0 Å². The number of nitrogens with one attached hydrogen (secondary N) is 1. The first-order valence-electron chi connectivity index (χ1n) is 10.5. The van der Waals surface area contributed by atoms with Gasteiger partial charge in [-0.2, -0.15) is 4.31 Å². The Morgan fingerprint density at radius 3 is 2.24 bits per heavy atom. The van der Waals surface area contributed by atoms with E-state index >= 15 is 0 Å². The minimum Gasteiger partial charge on any atom is -0.354 e. The first kappa shape index (κ1) is 22.2. The van der Waals surface area contributed by atoms with E-state index in [0.29, 0.717) is 32.5 Å². The van der Waals surface area contributed by atoms with Crippen LogP contribution in [-0.4, -0.2) is 61.8 Å². The molecule has 6 nitrogen and oxygen atoms in total. The maximum absolute atomic E-state index is 13.1. The number of benzene rings is 1. The number of amides is 1. The molecule has 0 saturated carbocycles. The molecule has 2 aliphatic rings. The standard InChI is InChI=1S/C21H32FN3O3S/c1-21(2,24-12-4-3-5-13-24)16-23-20(26)17-10-14-25(15-11-17)29(27,28)19-8-6-18(22)7-9-19/h6-9,17H,3-5,10-16H2,1-2H3,(H,23,26). The summed E-state index contributed by atoms with van der Waals surface area (Å²) in [4.78, 5) is 15.2. The lowest BCUT2D eigenvalue weighted by molar-refractivity contribution is -0.126. The molecule has 1 N–H and O–H groups in total. The largest absolute Gasteiger partial charge is 0.354 e. The van der Waals surface area contributed by atoms with Gasteiger partial charge >= 0.3 is 0 Å². The fraction of sp³-hybridized carbons (Fsp3) is 0.667. The monoisotopic (exact) mass is 425 g/mol. The molecule has 0 spiro atoms. The van der Waals surface area contributed by atoms with E-state index in [0.717, 1.165) is 25.2 Å². The van der Waals surface area contributed by atoms with Crippen LogP contribution in [0, 0.1) is 11.7 Å². The normalized spacial score (nSPS) is 20.5. The summed E-state index contributed by atoms with van der Waals surface area (Å²) in [6.07, 6.45) is 4.68. The van der Waals surface area contributed by atoms with Gasteiger partial charge in [0.05, 0.1) is 4.90 Å². The second-order valence-electron chi connectivity index (χ2n) is 8.71. The van der Waals surface area contributed by atoms with Crippen molar-refractivity contribution in [3.05, 3.63) is 30.1 Å². The van der Waals surface area contributed by atoms with Gasteiger partial charge in [-0.3, -0.25) is 9.69 Å². The molecule has 8 heteroatoms. The number of hydrogen-bond acceptors (Lipinski definition) is 4. The van der Waals surface area contributed by atoms with E-state index in [9.17, 15) is 17.6 Å². The van der Waals surface area contributed by atoms with Crippen molar-refractivity contribution in [1.82, 2.24) is 14.5 Å². The number of piperidine rings is 2. The van der Waals surface area contributed by atoms with E-state index < -0.39 is 15.8 Å². The second kappa shape index (κ2) is 9.10. The topological polar surface area (TPSA) is 69.7 Å². The predicted octanol–water partition coefficient (Wildman–Crippen LogP) is 2.61. The van der Waals surface area contributed by atoms with Gasteiger partial charge in [-0.15, -0.1) is 0 Å². The van der Waals surface area contributed by atoms with Crippen molar-refractivity contribution < 1.29 is 17.6 Å². The van der Waals surface area contributed by atoms with Crippen LogP contribution < -0.4 is 5.32 Å². The average Bonchev–Trinajstić information content (AvgIpc) is 2.73. The predicted molar refractivity (Wildman–Crippen MR) is 110 cm³/mol. The zero-order chi connectivity index (χ0) is 21.1. The number of carbonyl (C=O) groups excluding carboxylic acids is 1. The molecule has 0 bridgehead atoms. The maximum atomic E-state index is 13.1. The Morgan fingerprint density at radius 2 is 1.66 bits per heavy atom. The van der Waals surface area contributed by atoms with Gasteiger partial charge in [0.2, 0.25) is 15.9 Å². The van der Waals surface area contributed by atoms with Gasteiger partial charge < -0.3 is 5.32 Å². The van der Waals surface area contributed by atoms with Crippen molar-refractivity contribution >= 4 is 15.9 Å². The van der Waals surface area contributed by atoms with E-state index in [4.69, 9.17) is 0 Å². The van der Waals surface area contributed by atoms with Crippen LogP contribution in [0.5, 0.6) is 0 Å². The zero-order valence-electron chi connectivity index (χ0n) is 17.4. The number of halogens is 1. The molecule has 29 heavy (non-hydrogen) atoms. The lowest BCUT2D eigenvalue weighted by Crippen LogP contribution is -2.54. The lowest BCUT2D eigenvalue weighted by atomic mass is 9.95. The molecule has 0 radical (unpaired) electrons. The maximum Gasteiger partial charge on any atom is 0.243 e. The van der Waals surface area contributed by atoms with Crippen molar-refractivity contribution in [3.8, 4) is 0 Å². The molecule has 2 heterocycles.